The summed E-state index contributed by atoms with van der Waals surface area (Å²) in [6.45, 7) is 7.35. The van der Waals surface area contributed by atoms with Crippen molar-refractivity contribution in [2.45, 2.75) is 76.0 Å². The van der Waals surface area contributed by atoms with Crippen molar-refractivity contribution in [3.8, 4) is 0 Å². The van der Waals surface area contributed by atoms with Gasteiger partial charge in [0.15, 0.2) is 10.8 Å². The van der Waals surface area contributed by atoms with Crippen molar-refractivity contribution in [1.29, 1.82) is 0 Å². The number of carbonyl (C=O) groups excluding carboxylic acids is 1. The Kier molecular flexibility index (Phi) is 7.99. The van der Waals surface area contributed by atoms with E-state index in [0.29, 0.717) is 18.1 Å². The Hall–Kier alpha value is -2.32. The van der Waals surface area contributed by atoms with Crippen LogP contribution in [0.2, 0.25) is 5.02 Å². The summed E-state index contributed by atoms with van der Waals surface area (Å²) >= 11 is 7.73. The molecule has 1 aliphatic carbocycles. The van der Waals surface area contributed by atoms with Crippen LogP contribution in [0.1, 0.15) is 58.4 Å². The average Bonchev–Trinajstić information content (AvgIpc) is 3.46. The zero-order chi connectivity index (χ0) is 24.1. The number of hydrogen-bond acceptors (Lipinski definition) is 6. The summed E-state index contributed by atoms with van der Waals surface area (Å²) in [6.07, 6.45) is 6.70. The summed E-state index contributed by atoms with van der Waals surface area (Å²) < 4.78 is 1.86. The zero-order valence-corrected chi connectivity index (χ0v) is 21.7. The van der Waals surface area contributed by atoms with Gasteiger partial charge in [0.05, 0.1) is 23.5 Å². The normalized spacial score (nSPS) is 15.2. The van der Waals surface area contributed by atoms with E-state index in [9.17, 15) is 4.79 Å². The van der Waals surface area contributed by atoms with E-state index in [1.807, 2.05) is 35.1 Å². The first-order chi connectivity index (χ1) is 16.4. The number of anilines is 1. The minimum absolute atomic E-state index is 0.0831. The summed E-state index contributed by atoms with van der Waals surface area (Å²) in [4.78, 5) is 22.9. The minimum atomic E-state index is -0.475. The zero-order valence-electron chi connectivity index (χ0n) is 20.1. The molecule has 1 amide bonds. The SMILES string of the molecule is CCCSc1nc(NC(C)C)c2cnn(CCNC(=O)C3(c4ccc(Cl)cc4)CCCC3)c2n1. The van der Waals surface area contributed by atoms with Gasteiger partial charge >= 0.3 is 0 Å². The lowest BCUT2D eigenvalue weighted by molar-refractivity contribution is -0.126. The van der Waals surface area contributed by atoms with Gasteiger partial charge in [-0.25, -0.2) is 14.6 Å². The summed E-state index contributed by atoms with van der Waals surface area (Å²) in [5, 5.41) is 13.5. The maximum absolute atomic E-state index is 13.4. The van der Waals surface area contributed by atoms with Gasteiger partial charge in [-0.1, -0.05) is 55.3 Å². The maximum Gasteiger partial charge on any atom is 0.230 e. The van der Waals surface area contributed by atoms with Crippen LogP contribution < -0.4 is 10.6 Å². The molecule has 4 rings (SSSR count). The second-order valence-electron chi connectivity index (χ2n) is 9.16. The number of halogens is 1. The van der Waals surface area contributed by atoms with Crippen LogP contribution in [0.15, 0.2) is 35.6 Å². The predicted molar refractivity (Wildman–Crippen MR) is 140 cm³/mol. The number of carbonyl (C=O) groups is 1. The number of amides is 1. The van der Waals surface area contributed by atoms with Crippen molar-refractivity contribution in [3.63, 3.8) is 0 Å². The molecule has 0 atom stereocenters. The largest absolute Gasteiger partial charge is 0.367 e. The van der Waals surface area contributed by atoms with E-state index in [1.165, 1.54) is 0 Å². The first-order valence-corrected chi connectivity index (χ1v) is 13.5. The molecule has 0 radical (unpaired) electrons. The van der Waals surface area contributed by atoms with Crippen LogP contribution in [0.5, 0.6) is 0 Å². The number of aromatic nitrogens is 4. The number of benzene rings is 1. The molecule has 2 aromatic heterocycles. The number of thioether (sulfide) groups is 1. The molecule has 0 aliphatic heterocycles. The Labute approximate surface area is 210 Å². The molecule has 182 valence electrons. The van der Waals surface area contributed by atoms with Gasteiger partial charge in [-0.05, 0) is 50.8 Å². The summed E-state index contributed by atoms with van der Waals surface area (Å²) in [5.74, 6) is 1.85. The van der Waals surface area contributed by atoms with Crippen LogP contribution in [0.25, 0.3) is 11.0 Å². The summed E-state index contributed by atoms with van der Waals surface area (Å²) in [7, 11) is 0. The second kappa shape index (κ2) is 11.0. The van der Waals surface area contributed by atoms with Crippen LogP contribution in [0.3, 0.4) is 0 Å². The van der Waals surface area contributed by atoms with Crippen LogP contribution in [0.4, 0.5) is 5.82 Å². The number of fused-ring (bicyclic) bond motifs is 1. The van der Waals surface area contributed by atoms with Crippen molar-refractivity contribution in [1.82, 2.24) is 25.1 Å². The number of rotatable bonds is 10. The molecular formula is C25H33ClN6OS. The number of nitrogens with one attached hydrogen (secondary N) is 2. The fourth-order valence-electron chi connectivity index (χ4n) is 4.58. The molecule has 3 aromatic rings. The standard InChI is InChI=1S/C25H33ClN6OS/c1-4-15-34-24-30-21(29-17(2)3)20-16-28-32(22(20)31-24)14-13-27-23(33)25(11-5-6-12-25)18-7-9-19(26)10-8-18/h7-10,16-17H,4-6,11-15H2,1-3H3,(H,27,33)(H,29,30,31). The highest BCUT2D eigenvalue weighted by molar-refractivity contribution is 7.99. The van der Waals surface area contributed by atoms with Crippen LogP contribution in [0, 0.1) is 0 Å². The lowest BCUT2D eigenvalue weighted by Gasteiger charge is -2.28. The monoisotopic (exact) mass is 500 g/mol. The van der Waals surface area contributed by atoms with Crippen molar-refractivity contribution in [2.24, 2.45) is 0 Å². The lowest BCUT2D eigenvalue weighted by Crippen LogP contribution is -2.43. The maximum atomic E-state index is 13.4. The Morgan fingerprint density at radius 2 is 1.94 bits per heavy atom. The van der Waals surface area contributed by atoms with E-state index in [4.69, 9.17) is 21.6 Å². The Balaban J connectivity index is 1.50. The van der Waals surface area contributed by atoms with Gasteiger partial charge in [0.2, 0.25) is 5.91 Å². The molecule has 7 nitrogen and oxygen atoms in total. The molecule has 0 spiro atoms. The Morgan fingerprint density at radius 1 is 1.21 bits per heavy atom. The van der Waals surface area contributed by atoms with Gasteiger partial charge in [-0.3, -0.25) is 4.79 Å². The van der Waals surface area contributed by atoms with Gasteiger partial charge in [-0.15, -0.1) is 0 Å². The van der Waals surface area contributed by atoms with Crippen LogP contribution >= 0.6 is 23.4 Å². The van der Waals surface area contributed by atoms with E-state index in [2.05, 4.69) is 36.5 Å². The minimum Gasteiger partial charge on any atom is -0.367 e. The van der Waals surface area contributed by atoms with Gasteiger partial charge in [-0.2, -0.15) is 5.10 Å². The van der Waals surface area contributed by atoms with Crippen molar-refractivity contribution in [2.75, 3.05) is 17.6 Å². The summed E-state index contributed by atoms with van der Waals surface area (Å²) in [6, 6.07) is 7.97. The van der Waals surface area contributed by atoms with E-state index in [0.717, 1.165) is 65.4 Å². The third kappa shape index (κ3) is 5.33. The quantitative estimate of drug-likeness (QED) is 0.285. The average molecular weight is 501 g/mol. The molecule has 2 heterocycles. The smallest absolute Gasteiger partial charge is 0.230 e. The highest BCUT2D eigenvalue weighted by Gasteiger charge is 2.42. The fraction of sp³-hybridized carbons (Fsp3) is 0.520. The molecule has 0 bridgehead atoms. The predicted octanol–water partition coefficient (Wildman–Crippen LogP) is 5.43. The van der Waals surface area contributed by atoms with Gasteiger partial charge in [0.1, 0.15) is 5.82 Å². The molecule has 0 unspecified atom stereocenters. The van der Waals surface area contributed by atoms with Gasteiger partial charge < -0.3 is 10.6 Å². The molecule has 1 aromatic carbocycles. The van der Waals surface area contributed by atoms with Crippen LogP contribution in [-0.2, 0) is 16.8 Å². The van der Waals surface area contributed by atoms with E-state index < -0.39 is 5.41 Å². The number of hydrogen-bond donors (Lipinski definition) is 2. The van der Waals surface area contributed by atoms with Crippen molar-refractivity contribution in [3.05, 3.63) is 41.0 Å². The topological polar surface area (TPSA) is 84.7 Å². The molecule has 1 fully saturated rings. The fourth-order valence-corrected chi connectivity index (χ4v) is 5.40. The highest BCUT2D eigenvalue weighted by Crippen LogP contribution is 2.41. The van der Waals surface area contributed by atoms with E-state index in [1.54, 1.807) is 11.8 Å². The molecule has 2 N–H and O–H groups in total. The first kappa shape index (κ1) is 24.8. The third-order valence-corrected chi connectivity index (χ3v) is 7.54. The highest BCUT2D eigenvalue weighted by atomic mass is 35.5. The van der Waals surface area contributed by atoms with Crippen LogP contribution in [-0.4, -0.2) is 44.0 Å². The van der Waals surface area contributed by atoms with Gasteiger partial charge in [0.25, 0.3) is 0 Å². The second-order valence-corrected chi connectivity index (χ2v) is 10.7. The van der Waals surface area contributed by atoms with E-state index >= 15 is 0 Å². The van der Waals surface area contributed by atoms with Crippen molar-refractivity contribution < 1.29 is 4.79 Å². The molecule has 1 aliphatic rings. The summed E-state index contributed by atoms with van der Waals surface area (Å²) in [5.41, 5.74) is 1.36. The Bertz CT molecular complexity index is 1120. The molecule has 34 heavy (non-hydrogen) atoms. The van der Waals surface area contributed by atoms with E-state index in [-0.39, 0.29) is 11.9 Å². The first-order valence-electron chi connectivity index (χ1n) is 12.1. The molecule has 9 heteroatoms. The number of nitrogens with zero attached hydrogens (tertiary/aromatic N) is 4. The molecular weight excluding hydrogens is 468 g/mol. The Morgan fingerprint density at radius 3 is 2.62 bits per heavy atom. The lowest BCUT2D eigenvalue weighted by atomic mass is 9.78. The molecule has 0 saturated heterocycles. The van der Waals surface area contributed by atoms with Gasteiger partial charge in [0, 0.05) is 23.4 Å². The third-order valence-electron chi connectivity index (χ3n) is 6.23. The van der Waals surface area contributed by atoms with Crippen molar-refractivity contribution >= 4 is 46.1 Å². The molecule has 1 saturated carbocycles.